The minimum atomic E-state index is -0.522. The number of imide groups is 1. The number of ether oxygens (including phenoxy) is 2. The first kappa shape index (κ1) is 20.7. The zero-order valence-electron chi connectivity index (χ0n) is 17.2. The van der Waals surface area contributed by atoms with Crippen molar-refractivity contribution in [1.29, 1.82) is 0 Å². The van der Waals surface area contributed by atoms with Gasteiger partial charge in [-0.2, -0.15) is 0 Å². The van der Waals surface area contributed by atoms with Crippen LogP contribution in [0.5, 0.6) is 11.5 Å². The summed E-state index contributed by atoms with van der Waals surface area (Å²) in [6, 6.07) is 9.87. The first-order chi connectivity index (χ1) is 15.5. The van der Waals surface area contributed by atoms with Crippen LogP contribution in [0.25, 0.3) is 15.7 Å². The highest BCUT2D eigenvalue weighted by atomic mass is 35.5. The Morgan fingerprint density at radius 1 is 1.09 bits per heavy atom. The molecule has 0 aliphatic carbocycles. The molecule has 162 valence electrons. The fourth-order valence-corrected chi connectivity index (χ4v) is 5.54. The number of nitrogens with zero attached hydrogens (tertiary/aromatic N) is 2. The molecule has 2 aliphatic heterocycles. The van der Waals surface area contributed by atoms with Crippen molar-refractivity contribution in [3.05, 3.63) is 65.5 Å². The first-order valence-corrected chi connectivity index (χ1v) is 11.0. The number of hydrogen-bond acceptors (Lipinski definition) is 6. The number of aromatic nitrogens is 1. The Morgan fingerprint density at radius 3 is 2.72 bits per heavy atom. The lowest BCUT2D eigenvalue weighted by Gasteiger charge is -2.33. The number of nitrogens with one attached hydrogen (secondary N) is 1. The van der Waals surface area contributed by atoms with Crippen molar-refractivity contribution in [3.8, 4) is 11.5 Å². The lowest BCUT2D eigenvalue weighted by Crippen LogP contribution is -2.60. The smallest absolute Gasteiger partial charge is 0.329 e. The van der Waals surface area contributed by atoms with E-state index in [9.17, 15) is 9.59 Å². The van der Waals surface area contributed by atoms with E-state index in [1.165, 1.54) is 18.0 Å². The van der Waals surface area contributed by atoms with E-state index in [0.717, 1.165) is 20.8 Å². The Kier molecular flexibility index (Phi) is 5.19. The van der Waals surface area contributed by atoms with Crippen LogP contribution in [0.15, 0.2) is 54.9 Å². The summed E-state index contributed by atoms with van der Waals surface area (Å²) in [6.45, 7) is 0. The van der Waals surface area contributed by atoms with Gasteiger partial charge in [0.25, 0.3) is 5.91 Å². The molecule has 1 saturated heterocycles. The van der Waals surface area contributed by atoms with Crippen molar-refractivity contribution in [2.24, 2.45) is 0 Å². The zero-order chi connectivity index (χ0) is 22.4. The minimum absolute atomic E-state index is 0.314. The summed E-state index contributed by atoms with van der Waals surface area (Å²) in [5.41, 5.74) is 1.17. The van der Waals surface area contributed by atoms with Gasteiger partial charge in [-0.25, -0.2) is 9.69 Å². The molecule has 5 rings (SSSR count). The van der Waals surface area contributed by atoms with Gasteiger partial charge in [-0.05, 0) is 30.3 Å². The average Bonchev–Trinajstić information content (AvgIpc) is 3.23. The summed E-state index contributed by atoms with van der Waals surface area (Å²) in [5.74, 6) is 0.964. The zero-order valence-corrected chi connectivity index (χ0v) is 18.7. The molecule has 2 aromatic carbocycles. The number of benzene rings is 2. The van der Waals surface area contributed by atoms with Gasteiger partial charge in [0.05, 0.1) is 32.1 Å². The second-order valence-corrected chi connectivity index (χ2v) is 8.87. The SMILES string of the molecule is COc1ccc(Cl)c(C2=CC3NC(=O)N(c4cncc5c(OC)cccc45)C(=O)C3S2)c1. The molecule has 2 aliphatic rings. The highest BCUT2D eigenvalue weighted by Gasteiger charge is 2.46. The van der Waals surface area contributed by atoms with Crippen LogP contribution in [0.2, 0.25) is 5.02 Å². The molecule has 0 spiro atoms. The van der Waals surface area contributed by atoms with Gasteiger partial charge in [-0.15, -0.1) is 11.8 Å². The molecular weight excluding hydrogens is 450 g/mol. The summed E-state index contributed by atoms with van der Waals surface area (Å²) < 4.78 is 10.7. The van der Waals surface area contributed by atoms with Gasteiger partial charge < -0.3 is 14.8 Å². The Bertz CT molecular complexity index is 1300. The predicted octanol–water partition coefficient (Wildman–Crippen LogP) is 4.49. The average molecular weight is 468 g/mol. The number of hydrogen-bond donors (Lipinski definition) is 1. The normalized spacial score (nSPS) is 20.1. The van der Waals surface area contributed by atoms with E-state index in [2.05, 4.69) is 10.3 Å². The van der Waals surface area contributed by atoms with Crippen LogP contribution in [-0.2, 0) is 4.79 Å². The predicted molar refractivity (Wildman–Crippen MR) is 125 cm³/mol. The number of amides is 3. The van der Waals surface area contributed by atoms with Gasteiger partial charge in [0.1, 0.15) is 16.7 Å². The van der Waals surface area contributed by atoms with Crippen LogP contribution in [-0.4, -0.2) is 42.4 Å². The number of pyridine rings is 1. The quantitative estimate of drug-likeness (QED) is 0.609. The maximum Gasteiger partial charge on any atom is 0.329 e. The number of fused-ring (bicyclic) bond motifs is 2. The Labute approximate surface area is 193 Å². The van der Waals surface area contributed by atoms with Crippen LogP contribution in [0, 0.1) is 0 Å². The number of carbonyl (C=O) groups is 2. The number of methoxy groups -OCH3 is 2. The molecule has 0 bridgehead atoms. The van der Waals surface area contributed by atoms with E-state index in [1.807, 2.05) is 30.3 Å². The Balaban J connectivity index is 1.51. The molecule has 2 atom stereocenters. The third-order valence-corrected chi connectivity index (χ3v) is 7.20. The number of thioether (sulfide) groups is 1. The number of urea groups is 1. The van der Waals surface area contributed by atoms with Crippen molar-refractivity contribution in [2.45, 2.75) is 11.3 Å². The van der Waals surface area contributed by atoms with Gasteiger partial charge in [0, 0.05) is 32.5 Å². The molecule has 1 N–H and O–H groups in total. The first-order valence-electron chi connectivity index (χ1n) is 9.79. The Morgan fingerprint density at radius 2 is 1.94 bits per heavy atom. The molecule has 9 heteroatoms. The molecular formula is C23H18ClN3O4S. The molecule has 0 radical (unpaired) electrons. The largest absolute Gasteiger partial charge is 0.497 e. The third-order valence-electron chi connectivity index (χ3n) is 5.51. The highest BCUT2D eigenvalue weighted by molar-refractivity contribution is 8.09. The monoisotopic (exact) mass is 467 g/mol. The lowest BCUT2D eigenvalue weighted by molar-refractivity contribution is -0.118. The van der Waals surface area contributed by atoms with E-state index >= 15 is 0 Å². The molecule has 1 aromatic heterocycles. The van der Waals surface area contributed by atoms with Crippen LogP contribution in [0.1, 0.15) is 5.56 Å². The van der Waals surface area contributed by atoms with E-state index in [0.29, 0.717) is 27.6 Å². The number of rotatable bonds is 4. The summed E-state index contributed by atoms with van der Waals surface area (Å²) in [6.07, 6.45) is 5.04. The van der Waals surface area contributed by atoms with Gasteiger partial charge >= 0.3 is 6.03 Å². The van der Waals surface area contributed by atoms with Gasteiger partial charge in [0.2, 0.25) is 0 Å². The molecule has 3 heterocycles. The molecule has 3 amide bonds. The van der Waals surface area contributed by atoms with Crippen molar-refractivity contribution in [3.63, 3.8) is 0 Å². The van der Waals surface area contributed by atoms with Gasteiger partial charge in [-0.1, -0.05) is 23.7 Å². The fraction of sp³-hybridized carbons (Fsp3) is 0.174. The molecule has 1 fully saturated rings. The molecule has 2 unspecified atom stereocenters. The molecule has 3 aromatic rings. The summed E-state index contributed by atoms with van der Waals surface area (Å²) in [5, 5.41) is 4.38. The fourth-order valence-electron chi connectivity index (χ4n) is 3.97. The van der Waals surface area contributed by atoms with Crippen LogP contribution in [0.4, 0.5) is 10.5 Å². The molecule has 0 saturated carbocycles. The summed E-state index contributed by atoms with van der Waals surface area (Å²) in [7, 11) is 3.15. The second-order valence-electron chi connectivity index (χ2n) is 7.28. The number of anilines is 1. The minimum Gasteiger partial charge on any atom is -0.497 e. The van der Waals surface area contributed by atoms with E-state index in [4.69, 9.17) is 21.1 Å². The van der Waals surface area contributed by atoms with Crippen LogP contribution in [0.3, 0.4) is 0 Å². The maximum atomic E-state index is 13.5. The van der Waals surface area contributed by atoms with Crippen LogP contribution < -0.4 is 19.7 Å². The third kappa shape index (κ3) is 3.27. The number of halogens is 1. The van der Waals surface area contributed by atoms with Crippen molar-refractivity contribution < 1.29 is 19.1 Å². The highest BCUT2D eigenvalue weighted by Crippen LogP contribution is 2.45. The van der Waals surface area contributed by atoms with Crippen molar-refractivity contribution in [2.75, 3.05) is 19.1 Å². The summed E-state index contributed by atoms with van der Waals surface area (Å²) in [4.78, 5) is 32.7. The molecule has 32 heavy (non-hydrogen) atoms. The van der Waals surface area contributed by atoms with Gasteiger partial charge in [-0.3, -0.25) is 9.78 Å². The van der Waals surface area contributed by atoms with Crippen molar-refractivity contribution >= 4 is 56.7 Å². The van der Waals surface area contributed by atoms with E-state index in [1.54, 1.807) is 32.5 Å². The lowest BCUT2D eigenvalue weighted by atomic mass is 10.1. The topological polar surface area (TPSA) is 80.8 Å². The molecule has 7 nitrogen and oxygen atoms in total. The van der Waals surface area contributed by atoms with E-state index < -0.39 is 17.3 Å². The maximum absolute atomic E-state index is 13.5. The number of carbonyl (C=O) groups excluding carboxylic acids is 2. The van der Waals surface area contributed by atoms with Gasteiger partial charge in [0.15, 0.2) is 0 Å². The van der Waals surface area contributed by atoms with E-state index in [-0.39, 0.29) is 5.91 Å². The second kappa shape index (κ2) is 8.03. The van der Waals surface area contributed by atoms with Crippen molar-refractivity contribution in [1.82, 2.24) is 10.3 Å². The summed E-state index contributed by atoms with van der Waals surface area (Å²) >= 11 is 7.77. The standard InChI is InChI=1S/C23H18ClN3O4S/c1-30-12-6-7-16(24)14(8-12)20-9-17-21(32-20)22(28)27(23(29)26-17)18-11-25-10-15-13(18)4-3-5-19(15)31-2/h3-11,17,21H,1-2H3,(H,26,29). The Hall–Kier alpha value is -3.23. The van der Waals surface area contributed by atoms with Crippen LogP contribution >= 0.6 is 23.4 Å².